The van der Waals surface area contributed by atoms with Gasteiger partial charge in [-0.05, 0) is 37.6 Å². The Labute approximate surface area is 80.7 Å². The van der Waals surface area contributed by atoms with E-state index in [4.69, 9.17) is 0 Å². The normalized spacial score (nSPS) is 40.6. The summed E-state index contributed by atoms with van der Waals surface area (Å²) in [6.07, 6.45) is 5.91. The van der Waals surface area contributed by atoms with E-state index in [0.717, 1.165) is 17.9 Å². The van der Waals surface area contributed by atoms with Crippen molar-refractivity contribution in [2.75, 3.05) is 26.2 Å². The molecular weight excluding hydrogens is 160 g/mol. The van der Waals surface area contributed by atoms with Gasteiger partial charge in [0.2, 0.25) is 0 Å². The van der Waals surface area contributed by atoms with E-state index in [9.17, 15) is 0 Å². The summed E-state index contributed by atoms with van der Waals surface area (Å²) >= 11 is 0. The third kappa shape index (κ3) is 1.50. The maximum absolute atomic E-state index is 3.62. The number of fused-ring (bicyclic) bond motifs is 1. The van der Waals surface area contributed by atoms with Crippen molar-refractivity contribution in [3.05, 3.63) is 0 Å². The molecule has 0 aromatic heterocycles. The minimum Gasteiger partial charge on any atom is -0.312 e. The Morgan fingerprint density at radius 3 is 2.77 bits per heavy atom. The van der Waals surface area contributed by atoms with Gasteiger partial charge >= 0.3 is 0 Å². The minimum atomic E-state index is 0.847. The van der Waals surface area contributed by atoms with Crippen LogP contribution in [-0.4, -0.2) is 37.1 Å². The molecule has 0 spiro atoms. The van der Waals surface area contributed by atoms with Gasteiger partial charge in [0.15, 0.2) is 0 Å². The summed E-state index contributed by atoms with van der Waals surface area (Å²) in [6, 6.07) is 0.847. The largest absolute Gasteiger partial charge is 0.312 e. The first-order valence-electron chi connectivity index (χ1n) is 5.87. The van der Waals surface area contributed by atoms with E-state index in [0.29, 0.717) is 0 Å². The zero-order valence-electron chi connectivity index (χ0n) is 8.34. The predicted molar refractivity (Wildman–Crippen MR) is 53.7 cm³/mol. The highest BCUT2D eigenvalue weighted by Gasteiger charge is 2.36. The van der Waals surface area contributed by atoms with Crippen LogP contribution in [0.2, 0.25) is 0 Å². The van der Waals surface area contributed by atoms with Crippen LogP contribution in [-0.2, 0) is 0 Å². The molecule has 74 valence electrons. The van der Waals surface area contributed by atoms with Crippen LogP contribution in [0.3, 0.4) is 0 Å². The van der Waals surface area contributed by atoms with E-state index in [1.807, 2.05) is 0 Å². The monoisotopic (exact) mass is 180 g/mol. The van der Waals surface area contributed by atoms with Crippen LogP contribution in [0.15, 0.2) is 0 Å². The molecule has 13 heavy (non-hydrogen) atoms. The zero-order valence-corrected chi connectivity index (χ0v) is 8.34. The van der Waals surface area contributed by atoms with Crippen LogP contribution < -0.4 is 5.32 Å². The van der Waals surface area contributed by atoms with Crippen LogP contribution in [0.4, 0.5) is 0 Å². The average molecular weight is 180 g/mol. The van der Waals surface area contributed by atoms with Gasteiger partial charge in [-0.25, -0.2) is 0 Å². The van der Waals surface area contributed by atoms with Crippen LogP contribution in [0.25, 0.3) is 0 Å². The van der Waals surface area contributed by atoms with Crippen molar-refractivity contribution in [3.63, 3.8) is 0 Å². The van der Waals surface area contributed by atoms with Gasteiger partial charge in [0, 0.05) is 25.7 Å². The van der Waals surface area contributed by atoms with Gasteiger partial charge < -0.3 is 10.2 Å². The Balaban J connectivity index is 1.51. The Morgan fingerprint density at radius 1 is 1.15 bits per heavy atom. The maximum atomic E-state index is 3.62. The SMILES string of the molecule is C1CC(CN2C[C@@H]3CCN[C@@H]3C2)C1. The molecule has 1 saturated carbocycles. The van der Waals surface area contributed by atoms with E-state index >= 15 is 0 Å². The van der Waals surface area contributed by atoms with E-state index in [1.54, 1.807) is 0 Å². The number of rotatable bonds is 2. The molecule has 2 atom stereocenters. The van der Waals surface area contributed by atoms with Gasteiger partial charge in [-0.1, -0.05) is 6.42 Å². The fraction of sp³-hybridized carbons (Fsp3) is 1.00. The average Bonchev–Trinajstić information content (AvgIpc) is 2.54. The lowest BCUT2D eigenvalue weighted by atomic mass is 9.85. The summed E-state index contributed by atoms with van der Waals surface area (Å²) in [4.78, 5) is 2.70. The maximum Gasteiger partial charge on any atom is 0.0235 e. The molecular formula is C11H20N2. The van der Waals surface area contributed by atoms with Gasteiger partial charge in [-0.15, -0.1) is 0 Å². The smallest absolute Gasteiger partial charge is 0.0235 e. The minimum absolute atomic E-state index is 0.847. The lowest BCUT2D eigenvalue weighted by Crippen LogP contribution is -2.34. The first-order valence-corrected chi connectivity index (χ1v) is 5.87. The van der Waals surface area contributed by atoms with Gasteiger partial charge in [-0.2, -0.15) is 0 Å². The summed E-state index contributed by atoms with van der Waals surface area (Å²) in [7, 11) is 0. The van der Waals surface area contributed by atoms with Crippen molar-refractivity contribution in [1.82, 2.24) is 10.2 Å². The molecule has 1 aliphatic carbocycles. The fourth-order valence-electron chi connectivity index (χ4n) is 3.13. The number of nitrogens with one attached hydrogen (secondary N) is 1. The molecule has 0 radical (unpaired) electrons. The fourth-order valence-corrected chi connectivity index (χ4v) is 3.13. The molecule has 3 aliphatic rings. The van der Waals surface area contributed by atoms with Crippen molar-refractivity contribution < 1.29 is 0 Å². The van der Waals surface area contributed by atoms with Gasteiger partial charge in [-0.3, -0.25) is 0 Å². The molecule has 3 fully saturated rings. The Kier molecular flexibility index (Phi) is 2.06. The third-order valence-electron chi connectivity index (χ3n) is 4.18. The second-order valence-corrected chi connectivity index (χ2v) is 5.12. The molecule has 1 N–H and O–H groups in total. The molecule has 2 heterocycles. The highest BCUT2D eigenvalue weighted by atomic mass is 15.2. The Bertz CT molecular complexity index is 174. The van der Waals surface area contributed by atoms with E-state index < -0.39 is 0 Å². The van der Waals surface area contributed by atoms with Crippen molar-refractivity contribution in [2.24, 2.45) is 11.8 Å². The summed E-state index contributed by atoms with van der Waals surface area (Å²) < 4.78 is 0. The Hall–Kier alpha value is -0.0800. The summed E-state index contributed by atoms with van der Waals surface area (Å²) in [5.41, 5.74) is 0. The highest BCUT2D eigenvalue weighted by Crippen LogP contribution is 2.31. The quantitative estimate of drug-likeness (QED) is 0.684. The van der Waals surface area contributed by atoms with E-state index in [2.05, 4.69) is 10.2 Å². The summed E-state index contributed by atoms with van der Waals surface area (Å²) in [5.74, 6) is 2.04. The van der Waals surface area contributed by atoms with E-state index in [-0.39, 0.29) is 0 Å². The molecule has 0 unspecified atom stereocenters. The third-order valence-corrected chi connectivity index (χ3v) is 4.18. The number of hydrogen-bond acceptors (Lipinski definition) is 2. The molecule has 2 saturated heterocycles. The first-order chi connectivity index (χ1) is 6.42. The number of likely N-dealkylation sites (tertiary alicyclic amines) is 1. The first kappa shape index (κ1) is 8.25. The molecule has 0 amide bonds. The van der Waals surface area contributed by atoms with Gasteiger partial charge in [0.1, 0.15) is 0 Å². The standard InChI is InChI=1S/C11H20N2/c1-2-9(3-1)6-13-7-10-4-5-12-11(10)8-13/h9-12H,1-8H2/t10-,11+/m0/s1. The van der Waals surface area contributed by atoms with Gasteiger partial charge in [0.05, 0.1) is 0 Å². The van der Waals surface area contributed by atoms with Crippen LogP contribution in [0.1, 0.15) is 25.7 Å². The summed E-state index contributed by atoms with van der Waals surface area (Å²) in [6.45, 7) is 5.39. The topological polar surface area (TPSA) is 15.3 Å². The second kappa shape index (κ2) is 3.25. The second-order valence-electron chi connectivity index (χ2n) is 5.12. The van der Waals surface area contributed by atoms with Crippen molar-refractivity contribution in [3.8, 4) is 0 Å². The number of hydrogen-bond donors (Lipinski definition) is 1. The lowest BCUT2D eigenvalue weighted by molar-refractivity contribution is 0.197. The predicted octanol–water partition coefficient (Wildman–Crippen LogP) is 1.08. The number of nitrogens with zero attached hydrogens (tertiary/aromatic N) is 1. The lowest BCUT2D eigenvalue weighted by Gasteiger charge is -2.30. The molecule has 0 aromatic rings. The van der Waals surface area contributed by atoms with Crippen LogP contribution >= 0.6 is 0 Å². The molecule has 2 nitrogen and oxygen atoms in total. The zero-order chi connectivity index (χ0) is 8.67. The Morgan fingerprint density at radius 2 is 2.08 bits per heavy atom. The molecule has 3 rings (SSSR count). The summed E-state index contributed by atoms with van der Waals surface area (Å²) in [5, 5.41) is 3.62. The molecule has 0 bridgehead atoms. The van der Waals surface area contributed by atoms with Crippen molar-refractivity contribution in [1.29, 1.82) is 0 Å². The molecule has 2 aliphatic heterocycles. The van der Waals surface area contributed by atoms with E-state index in [1.165, 1.54) is 51.9 Å². The van der Waals surface area contributed by atoms with Gasteiger partial charge in [0.25, 0.3) is 0 Å². The van der Waals surface area contributed by atoms with Crippen LogP contribution in [0, 0.1) is 11.8 Å². The highest BCUT2D eigenvalue weighted by molar-refractivity contribution is 4.94. The molecule has 0 aromatic carbocycles. The van der Waals surface area contributed by atoms with Crippen LogP contribution in [0.5, 0.6) is 0 Å². The van der Waals surface area contributed by atoms with Crippen molar-refractivity contribution in [2.45, 2.75) is 31.7 Å². The molecule has 2 heteroatoms. The van der Waals surface area contributed by atoms with Crippen molar-refractivity contribution >= 4 is 0 Å².